The van der Waals surface area contributed by atoms with E-state index in [9.17, 15) is 0 Å². The van der Waals surface area contributed by atoms with E-state index >= 15 is 0 Å². The van der Waals surface area contributed by atoms with E-state index in [1.807, 2.05) is 12.3 Å². The number of aromatic nitrogens is 1. The summed E-state index contributed by atoms with van der Waals surface area (Å²) in [5.74, 6) is 0. The van der Waals surface area contributed by atoms with Crippen molar-refractivity contribution in [1.82, 2.24) is 4.98 Å². The Bertz CT molecular complexity index is 2240. The van der Waals surface area contributed by atoms with Crippen LogP contribution in [-0.4, -0.2) is 4.98 Å². The van der Waals surface area contributed by atoms with E-state index in [1.165, 1.54) is 76.8 Å². The van der Waals surface area contributed by atoms with Crippen molar-refractivity contribution in [2.45, 2.75) is 6.92 Å². The van der Waals surface area contributed by atoms with Gasteiger partial charge in [0.05, 0.1) is 0 Å². The first-order valence-electron chi connectivity index (χ1n) is 14.8. The Balaban J connectivity index is 1.31. The molecule has 0 spiro atoms. The van der Waals surface area contributed by atoms with Crippen LogP contribution >= 0.6 is 0 Å². The van der Waals surface area contributed by atoms with Gasteiger partial charge in [-0.2, -0.15) is 0 Å². The lowest BCUT2D eigenvalue weighted by Crippen LogP contribution is -1.91. The van der Waals surface area contributed by atoms with Gasteiger partial charge in [0, 0.05) is 17.5 Å². The highest BCUT2D eigenvalue weighted by atomic mass is 14.7. The molecule has 0 atom stereocenters. The van der Waals surface area contributed by atoms with E-state index in [4.69, 9.17) is 0 Å². The summed E-state index contributed by atoms with van der Waals surface area (Å²) in [6.45, 7) is 2.06. The summed E-state index contributed by atoms with van der Waals surface area (Å²) in [7, 11) is 0. The van der Waals surface area contributed by atoms with E-state index in [0.717, 1.165) is 5.69 Å². The number of pyridine rings is 1. The first-order chi connectivity index (χ1) is 21.2. The quantitative estimate of drug-likeness (QED) is 0.200. The van der Waals surface area contributed by atoms with Gasteiger partial charge in [-0.25, -0.2) is 0 Å². The van der Waals surface area contributed by atoms with Gasteiger partial charge in [-0.05, 0) is 96.4 Å². The normalized spacial score (nSPS) is 11.4. The van der Waals surface area contributed by atoms with E-state index in [-0.39, 0.29) is 0 Å². The highest BCUT2D eigenvalue weighted by Crippen LogP contribution is 2.44. The standard InChI is InChI=1S/C42H29N/c1-28-36(18-9-25-43-28)31-22-19-30(20-23-31)33-12-8-13-34(26-33)41-37-14-4-6-16-39(37)42(40-17-7-5-15-38(40)41)35-24-21-29-10-2-3-11-32(29)27-35/h2-27H,1H3. The Kier molecular flexibility index (Phi) is 6.09. The van der Waals surface area contributed by atoms with Gasteiger partial charge < -0.3 is 0 Å². The topological polar surface area (TPSA) is 12.9 Å². The minimum absolute atomic E-state index is 1.04. The Morgan fingerprint density at radius 1 is 0.372 bits per heavy atom. The Morgan fingerprint density at radius 2 is 0.907 bits per heavy atom. The third kappa shape index (κ3) is 4.38. The summed E-state index contributed by atoms with van der Waals surface area (Å²) in [5.41, 5.74) is 10.9. The second kappa shape index (κ2) is 10.4. The molecule has 7 aromatic carbocycles. The molecule has 8 rings (SSSR count). The number of hydrogen-bond acceptors (Lipinski definition) is 1. The van der Waals surface area contributed by atoms with Gasteiger partial charge in [-0.1, -0.05) is 133 Å². The zero-order chi connectivity index (χ0) is 28.8. The molecule has 1 heterocycles. The summed E-state index contributed by atoms with van der Waals surface area (Å²) in [4.78, 5) is 4.47. The lowest BCUT2D eigenvalue weighted by molar-refractivity contribution is 1.20. The fourth-order valence-corrected chi connectivity index (χ4v) is 6.58. The van der Waals surface area contributed by atoms with Gasteiger partial charge >= 0.3 is 0 Å². The number of hydrogen-bond donors (Lipinski definition) is 0. The monoisotopic (exact) mass is 547 g/mol. The minimum atomic E-state index is 1.04. The van der Waals surface area contributed by atoms with Crippen LogP contribution in [-0.2, 0) is 0 Å². The highest BCUT2D eigenvalue weighted by Gasteiger charge is 2.17. The first kappa shape index (κ1) is 25.2. The van der Waals surface area contributed by atoms with E-state index in [0.29, 0.717) is 0 Å². The number of rotatable bonds is 4. The Hall–Kier alpha value is -5.53. The molecule has 0 radical (unpaired) electrons. The second-order valence-corrected chi connectivity index (χ2v) is 11.2. The van der Waals surface area contributed by atoms with Crippen molar-refractivity contribution in [2.24, 2.45) is 0 Å². The maximum atomic E-state index is 4.47. The smallest absolute Gasteiger partial charge is 0.0450 e. The number of nitrogens with zero attached hydrogens (tertiary/aromatic N) is 1. The summed E-state index contributed by atoms with van der Waals surface area (Å²) < 4.78 is 0. The molecule has 0 aliphatic carbocycles. The highest BCUT2D eigenvalue weighted by molar-refractivity contribution is 6.21. The van der Waals surface area contributed by atoms with Gasteiger partial charge in [-0.15, -0.1) is 0 Å². The van der Waals surface area contributed by atoms with Gasteiger partial charge in [0.2, 0.25) is 0 Å². The Morgan fingerprint density at radius 3 is 1.56 bits per heavy atom. The minimum Gasteiger partial charge on any atom is -0.261 e. The van der Waals surface area contributed by atoms with Crippen molar-refractivity contribution in [2.75, 3.05) is 0 Å². The predicted octanol–water partition coefficient (Wildman–Crippen LogP) is 11.5. The van der Waals surface area contributed by atoms with Crippen molar-refractivity contribution in [1.29, 1.82) is 0 Å². The van der Waals surface area contributed by atoms with E-state index in [1.54, 1.807) is 0 Å². The molecule has 0 fully saturated rings. The molecule has 0 unspecified atom stereocenters. The van der Waals surface area contributed by atoms with Crippen LogP contribution in [0.1, 0.15) is 5.69 Å². The van der Waals surface area contributed by atoms with Crippen LogP contribution in [0.5, 0.6) is 0 Å². The fourth-order valence-electron chi connectivity index (χ4n) is 6.58. The lowest BCUT2D eigenvalue weighted by atomic mass is 9.85. The van der Waals surface area contributed by atoms with Gasteiger partial charge in [0.25, 0.3) is 0 Å². The summed E-state index contributed by atoms with van der Waals surface area (Å²) in [5, 5.41) is 7.60. The molecule has 0 saturated heterocycles. The van der Waals surface area contributed by atoms with Crippen molar-refractivity contribution < 1.29 is 0 Å². The van der Waals surface area contributed by atoms with Crippen LogP contribution < -0.4 is 0 Å². The molecule has 0 amide bonds. The average Bonchev–Trinajstić information content (AvgIpc) is 3.07. The van der Waals surface area contributed by atoms with Crippen LogP contribution in [0.25, 0.3) is 76.8 Å². The summed E-state index contributed by atoms with van der Waals surface area (Å²) in [6, 6.07) is 55.2. The number of fused-ring (bicyclic) bond motifs is 3. The molecular weight excluding hydrogens is 518 g/mol. The molecule has 0 aliphatic rings. The van der Waals surface area contributed by atoms with Crippen LogP contribution in [0, 0.1) is 6.92 Å². The molecule has 0 aliphatic heterocycles. The molecule has 8 aromatic rings. The molecule has 202 valence electrons. The van der Waals surface area contributed by atoms with Gasteiger partial charge in [0.15, 0.2) is 0 Å². The van der Waals surface area contributed by atoms with E-state index in [2.05, 4.69) is 158 Å². The first-order valence-corrected chi connectivity index (χ1v) is 14.8. The van der Waals surface area contributed by atoms with E-state index < -0.39 is 0 Å². The average molecular weight is 548 g/mol. The molecule has 1 heteroatoms. The van der Waals surface area contributed by atoms with Crippen LogP contribution in [0.2, 0.25) is 0 Å². The molecule has 0 N–H and O–H groups in total. The second-order valence-electron chi connectivity index (χ2n) is 11.2. The maximum Gasteiger partial charge on any atom is 0.0450 e. The number of aryl methyl sites for hydroxylation is 1. The SMILES string of the molecule is Cc1ncccc1-c1ccc(-c2cccc(-c3c4ccccc4c(-c4ccc5ccccc5c4)c4ccccc34)c2)cc1. The zero-order valence-corrected chi connectivity index (χ0v) is 24.0. The molecule has 43 heavy (non-hydrogen) atoms. The van der Waals surface area contributed by atoms with Crippen LogP contribution in [0.15, 0.2) is 158 Å². The third-order valence-electron chi connectivity index (χ3n) is 8.66. The molecule has 1 aromatic heterocycles. The van der Waals surface area contributed by atoms with Crippen molar-refractivity contribution in [3.05, 3.63) is 164 Å². The number of benzene rings is 7. The van der Waals surface area contributed by atoms with Crippen LogP contribution in [0.4, 0.5) is 0 Å². The largest absolute Gasteiger partial charge is 0.261 e. The Labute approximate surface area is 251 Å². The maximum absolute atomic E-state index is 4.47. The third-order valence-corrected chi connectivity index (χ3v) is 8.66. The zero-order valence-electron chi connectivity index (χ0n) is 24.0. The van der Waals surface area contributed by atoms with Gasteiger partial charge in [0.1, 0.15) is 0 Å². The predicted molar refractivity (Wildman–Crippen MR) is 183 cm³/mol. The molecule has 0 bridgehead atoms. The fraction of sp³-hybridized carbons (Fsp3) is 0.0238. The van der Waals surface area contributed by atoms with Crippen LogP contribution in [0.3, 0.4) is 0 Å². The molecule has 1 nitrogen and oxygen atoms in total. The van der Waals surface area contributed by atoms with Gasteiger partial charge in [-0.3, -0.25) is 4.98 Å². The lowest BCUT2D eigenvalue weighted by Gasteiger charge is -2.18. The summed E-state index contributed by atoms with van der Waals surface area (Å²) in [6.07, 6.45) is 1.85. The molecular formula is C42H29N. The molecule has 0 saturated carbocycles. The summed E-state index contributed by atoms with van der Waals surface area (Å²) >= 11 is 0. The van der Waals surface area contributed by atoms with Crippen molar-refractivity contribution >= 4 is 32.3 Å². The van der Waals surface area contributed by atoms with Crippen molar-refractivity contribution in [3.8, 4) is 44.5 Å². The van der Waals surface area contributed by atoms with Crippen molar-refractivity contribution in [3.63, 3.8) is 0 Å².